The number of nitrogen functional groups attached to an aromatic ring is 1. The fourth-order valence-corrected chi connectivity index (χ4v) is 1.64. The van der Waals surface area contributed by atoms with E-state index in [1.165, 1.54) is 6.07 Å². The van der Waals surface area contributed by atoms with Crippen LogP contribution >= 0.6 is 0 Å². The Morgan fingerprint density at radius 2 is 2.08 bits per heavy atom. The molecule has 1 nitrogen and oxygen atoms in total. The maximum Gasteiger partial charge on any atom is 0.273 e. The number of alkyl halides is 2. The molecule has 1 aromatic rings. The van der Waals surface area contributed by atoms with Gasteiger partial charge in [0.1, 0.15) is 0 Å². The van der Waals surface area contributed by atoms with Crippen LogP contribution in [-0.2, 0) is 12.3 Å². The molecule has 2 N–H and O–H groups in total. The molecule has 1 aliphatic carbocycles. The van der Waals surface area contributed by atoms with Crippen molar-refractivity contribution in [1.82, 2.24) is 0 Å². The van der Waals surface area contributed by atoms with Crippen molar-refractivity contribution in [3.8, 4) is 0 Å². The fourth-order valence-electron chi connectivity index (χ4n) is 1.64. The summed E-state index contributed by atoms with van der Waals surface area (Å²) in [5.74, 6) is -2.66. The molecule has 1 aliphatic rings. The van der Waals surface area contributed by atoms with Gasteiger partial charge in [-0.3, -0.25) is 0 Å². The van der Waals surface area contributed by atoms with Crippen LogP contribution in [0.15, 0.2) is 18.2 Å². The Labute approximate surface area is 69.2 Å². The summed E-state index contributed by atoms with van der Waals surface area (Å²) in [6, 6.07) is 4.70. The quantitative estimate of drug-likeness (QED) is 0.592. The first-order chi connectivity index (χ1) is 5.61. The molecule has 64 valence electrons. The summed E-state index contributed by atoms with van der Waals surface area (Å²) in [5.41, 5.74) is 6.79. The van der Waals surface area contributed by atoms with Crippen LogP contribution in [0.4, 0.5) is 14.5 Å². The van der Waals surface area contributed by atoms with E-state index in [1.807, 2.05) is 0 Å². The summed E-state index contributed by atoms with van der Waals surface area (Å²) in [6.45, 7) is 0. The SMILES string of the molecule is Nc1cccc2c1CCC2(F)F. The highest BCUT2D eigenvalue weighted by atomic mass is 19.3. The van der Waals surface area contributed by atoms with E-state index in [2.05, 4.69) is 0 Å². The van der Waals surface area contributed by atoms with Gasteiger partial charge in [0.2, 0.25) is 0 Å². The molecule has 0 saturated carbocycles. The lowest BCUT2D eigenvalue weighted by molar-refractivity contribution is -0.00183. The van der Waals surface area contributed by atoms with Crippen LogP contribution in [0.3, 0.4) is 0 Å². The molecule has 0 aliphatic heterocycles. The number of fused-ring (bicyclic) bond motifs is 1. The number of hydrogen-bond donors (Lipinski definition) is 1. The summed E-state index contributed by atoms with van der Waals surface area (Å²) < 4.78 is 26.1. The minimum Gasteiger partial charge on any atom is -0.398 e. The molecule has 2 rings (SSSR count). The van der Waals surface area contributed by atoms with Crippen molar-refractivity contribution in [2.45, 2.75) is 18.8 Å². The van der Waals surface area contributed by atoms with Crippen LogP contribution in [0.2, 0.25) is 0 Å². The van der Waals surface area contributed by atoms with Gasteiger partial charge in [-0.2, -0.15) is 0 Å². The van der Waals surface area contributed by atoms with Gasteiger partial charge in [-0.25, -0.2) is 8.78 Å². The van der Waals surface area contributed by atoms with Crippen LogP contribution in [0.25, 0.3) is 0 Å². The van der Waals surface area contributed by atoms with Crippen molar-refractivity contribution in [2.75, 3.05) is 5.73 Å². The monoisotopic (exact) mass is 169 g/mol. The van der Waals surface area contributed by atoms with Gasteiger partial charge in [0.05, 0.1) is 0 Å². The molecule has 12 heavy (non-hydrogen) atoms. The van der Waals surface area contributed by atoms with Gasteiger partial charge in [0.15, 0.2) is 0 Å². The lowest BCUT2D eigenvalue weighted by Crippen LogP contribution is -2.07. The summed E-state index contributed by atoms with van der Waals surface area (Å²) in [7, 11) is 0. The fraction of sp³-hybridized carbons (Fsp3) is 0.333. The van der Waals surface area contributed by atoms with E-state index in [1.54, 1.807) is 12.1 Å². The Morgan fingerprint density at radius 3 is 2.75 bits per heavy atom. The first kappa shape index (κ1) is 7.53. The Kier molecular flexibility index (Phi) is 1.37. The zero-order chi connectivity index (χ0) is 8.77. The molecule has 3 heteroatoms. The highest BCUT2D eigenvalue weighted by molar-refractivity contribution is 5.54. The molecular formula is C9H9F2N. The molecule has 0 fully saturated rings. The predicted octanol–water partition coefficient (Wildman–Crippen LogP) is 2.31. The van der Waals surface area contributed by atoms with Crippen molar-refractivity contribution >= 4 is 5.69 Å². The summed E-state index contributed by atoms with van der Waals surface area (Å²) >= 11 is 0. The second-order valence-electron chi connectivity index (χ2n) is 3.08. The first-order valence-corrected chi connectivity index (χ1v) is 3.87. The zero-order valence-corrected chi connectivity index (χ0v) is 6.48. The Hall–Kier alpha value is -1.12. The second kappa shape index (κ2) is 2.19. The molecule has 1 aromatic carbocycles. The van der Waals surface area contributed by atoms with E-state index in [0.29, 0.717) is 17.7 Å². The standard InChI is InChI=1S/C9H9F2N/c10-9(11)5-4-6-7(9)2-1-3-8(6)12/h1-3H,4-5,12H2. The molecule has 0 unspecified atom stereocenters. The third-order valence-corrected chi connectivity index (χ3v) is 2.30. The van der Waals surface area contributed by atoms with E-state index in [9.17, 15) is 8.78 Å². The van der Waals surface area contributed by atoms with E-state index < -0.39 is 5.92 Å². The van der Waals surface area contributed by atoms with Crippen molar-refractivity contribution in [3.63, 3.8) is 0 Å². The average Bonchev–Trinajstić information content (AvgIpc) is 2.30. The molecule has 0 atom stereocenters. The van der Waals surface area contributed by atoms with Crippen LogP contribution in [-0.4, -0.2) is 0 Å². The predicted molar refractivity (Wildman–Crippen MR) is 43.1 cm³/mol. The van der Waals surface area contributed by atoms with Gasteiger partial charge in [-0.05, 0) is 18.1 Å². The lowest BCUT2D eigenvalue weighted by atomic mass is 10.1. The van der Waals surface area contributed by atoms with Crippen molar-refractivity contribution < 1.29 is 8.78 Å². The molecule has 0 spiro atoms. The van der Waals surface area contributed by atoms with Gasteiger partial charge in [-0.15, -0.1) is 0 Å². The topological polar surface area (TPSA) is 26.0 Å². The Morgan fingerprint density at radius 1 is 1.33 bits per heavy atom. The van der Waals surface area contributed by atoms with E-state index >= 15 is 0 Å². The zero-order valence-electron chi connectivity index (χ0n) is 6.48. The summed E-state index contributed by atoms with van der Waals surface area (Å²) in [5, 5.41) is 0. The molecule has 0 aromatic heterocycles. The van der Waals surface area contributed by atoms with Crippen LogP contribution in [0.1, 0.15) is 17.5 Å². The smallest absolute Gasteiger partial charge is 0.273 e. The third kappa shape index (κ3) is 0.891. The second-order valence-corrected chi connectivity index (χ2v) is 3.08. The van der Waals surface area contributed by atoms with Gasteiger partial charge in [0, 0.05) is 17.7 Å². The molecule has 0 amide bonds. The van der Waals surface area contributed by atoms with Gasteiger partial charge < -0.3 is 5.73 Å². The van der Waals surface area contributed by atoms with Crippen LogP contribution in [0.5, 0.6) is 0 Å². The van der Waals surface area contributed by atoms with Gasteiger partial charge in [-0.1, -0.05) is 12.1 Å². The summed E-state index contributed by atoms with van der Waals surface area (Å²) in [4.78, 5) is 0. The number of hydrogen-bond acceptors (Lipinski definition) is 1. The number of anilines is 1. The Bertz CT molecular complexity index is 320. The van der Waals surface area contributed by atoms with Crippen LogP contribution < -0.4 is 5.73 Å². The molecule has 0 saturated heterocycles. The van der Waals surface area contributed by atoms with E-state index in [-0.39, 0.29) is 12.0 Å². The third-order valence-electron chi connectivity index (χ3n) is 2.30. The van der Waals surface area contributed by atoms with Gasteiger partial charge >= 0.3 is 0 Å². The molecule has 0 bridgehead atoms. The largest absolute Gasteiger partial charge is 0.398 e. The van der Waals surface area contributed by atoms with Crippen molar-refractivity contribution in [1.29, 1.82) is 0 Å². The van der Waals surface area contributed by atoms with Crippen molar-refractivity contribution in [3.05, 3.63) is 29.3 Å². The number of halogens is 2. The lowest BCUT2D eigenvalue weighted by Gasteiger charge is -2.09. The number of nitrogens with two attached hydrogens (primary N) is 1. The maximum absolute atomic E-state index is 13.1. The Balaban J connectivity index is 2.61. The normalized spacial score (nSPS) is 19.2. The van der Waals surface area contributed by atoms with E-state index in [0.717, 1.165) is 0 Å². The highest BCUT2D eigenvalue weighted by Crippen LogP contribution is 2.43. The minimum absolute atomic E-state index is 0.101. The highest BCUT2D eigenvalue weighted by Gasteiger charge is 2.39. The first-order valence-electron chi connectivity index (χ1n) is 3.87. The number of rotatable bonds is 0. The number of benzene rings is 1. The molecule has 0 heterocycles. The molecular weight excluding hydrogens is 160 g/mol. The van der Waals surface area contributed by atoms with Crippen molar-refractivity contribution in [2.24, 2.45) is 0 Å². The molecule has 0 radical (unpaired) electrons. The minimum atomic E-state index is -2.66. The van der Waals surface area contributed by atoms with Crippen LogP contribution in [0, 0.1) is 0 Å². The maximum atomic E-state index is 13.1. The average molecular weight is 169 g/mol. The van der Waals surface area contributed by atoms with Gasteiger partial charge in [0.25, 0.3) is 5.92 Å². The van der Waals surface area contributed by atoms with E-state index in [4.69, 9.17) is 5.73 Å². The summed E-state index contributed by atoms with van der Waals surface area (Å²) in [6.07, 6.45) is 0.297.